The zero-order chi connectivity index (χ0) is 22.6. The first-order valence-corrected chi connectivity index (χ1v) is 13.1. The standard InChI is InChI=1S/C26H50O5/c1-2-3-4-5-6-7-8-9-10-11-12-13-14-15-16-17-18-19-20-30-24-22-31-26(25(24)29)23(28)21-27/h17-18,23-29H,2-16,19-22H2,1H3/b18-17+/t23-,24+,25-,26-/m0/s1. The molecule has 3 N–H and O–H groups in total. The number of ether oxygens (including phenoxy) is 2. The summed E-state index contributed by atoms with van der Waals surface area (Å²) in [4.78, 5) is 0. The van der Waals surface area contributed by atoms with Gasteiger partial charge in [0.1, 0.15) is 24.4 Å². The van der Waals surface area contributed by atoms with E-state index in [1.54, 1.807) is 0 Å². The van der Waals surface area contributed by atoms with Crippen molar-refractivity contribution in [3.8, 4) is 0 Å². The molecule has 0 aromatic rings. The summed E-state index contributed by atoms with van der Waals surface area (Å²) in [7, 11) is 0. The van der Waals surface area contributed by atoms with Crippen LogP contribution in [0.15, 0.2) is 12.2 Å². The molecule has 1 saturated heterocycles. The van der Waals surface area contributed by atoms with Crippen molar-refractivity contribution in [2.45, 2.75) is 134 Å². The third kappa shape index (κ3) is 14.3. The van der Waals surface area contributed by atoms with E-state index in [-0.39, 0.29) is 6.61 Å². The van der Waals surface area contributed by atoms with Crippen molar-refractivity contribution < 1.29 is 24.8 Å². The van der Waals surface area contributed by atoms with E-state index in [1.165, 1.54) is 89.9 Å². The molecule has 0 bridgehead atoms. The van der Waals surface area contributed by atoms with Crippen molar-refractivity contribution in [1.82, 2.24) is 0 Å². The molecule has 0 spiro atoms. The van der Waals surface area contributed by atoms with Gasteiger partial charge in [-0.3, -0.25) is 0 Å². The third-order valence-corrected chi connectivity index (χ3v) is 6.24. The summed E-state index contributed by atoms with van der Waals surface area (Å²) in [5, 5.41) is 28.6. The molecule has 31 heavy (non-hydrogen) atoms. The second kappa shape index (κ2) is 20.2. The minimum atomic E-state index is -1.06. The maximum Gasteiger partial charge on any atom is 0.114 e. The van der Waals surface area contributed by atoms with Crippen LogP contribution in [0.3, 0.4) is 0 Å². The number of unbranched alkanes of at least 4 members (excludes halogenated alkanes) is 14. The highest BCUT2D eigenvalue weighted by molar-refractivity contribution is 4.89. The third-order valence-electron chi connectivity index (χ3n) is 6.24. The van der Waals surface area contributed by atoms with Gasteiger partial charge in [-0.05, 0) is 19.3 Å². The van der Waals surface area contributed by atoms with Crippen LogP contribution in [-0.4, -0.2) is 59.6 Å². The van der Waals surface area contributed by atoms with E-state index < -0.39 is 31.0 Å². The summed E-state index contributed by atoms with van der Waals surface area (Å²) in [6.07, 6.45) is 22.6. The Balaban J connectivity index is 1.81. The van der Waals surface area contributed by atoms with Crippen molar-refractivity contribution >= 4 is 0 Å². The van der Waals surface area contributed by atoms with Gasteiger partial charge in [0.15, 0.2) is 0 Å². The SMILES string of the molecule is CCCCCCCCCCCCCCCC/C=C/CCO[C@@H]1CO[C@@H]([C@@H](O)CO)[C@H]1O. The van der Waals surface area contributed by atoms with E-state index in [0.29, 0.717) is 6.61 Å². The van der Waals surface area contributed by atoms with Crippen LogP contribution in [0.5, 0.6) is 0 Å². The first-order chi connectivity index (χ1) is 15.2. The van der Waals surface area contributed by atoms with E-state index in [9.17, 15) is 10.2 Å². The molecule has 184 valence electrons. The molecule has 1 aliphatic heterocycles. The number of aliphatic hydroxyl groups is 3. The Morgan fingerprint density at radius 3 is 1.90 bits per heavy atom. The molecule has 0 amide bonds. The summed E-state index contributed by atoms with van der Waals surface area (Å²) in [6, 6.07) is 0. The number of hydrogen-bond acceptors (Lipinski definition) is 5. The number of aliphatic hydroxyl groups excluding tert-OH is 3. The molecule has 0 aromatic heterocycles. The Labute approximate surface area is 191 Å². The van der Waals surface area contributed by atoms with Gasteiger partial charge in [-0.2, -0.15) is 0 Å². The van der Waals surface area contributed by atoms with Gasteiger partial charge in [0.25, 0.3) is 0 Å². The molecular weight excluding hydrogens is 392 g/mol. The summed E-state index contributed by atoms with van der Waals surface area (Å²) in [6.45, 7) is 2.64. The maximum atomic E-state index is 10.1. The van der Waals surface area contributed by atoms with Crippen molar-refractivity contribution in [3.63, 3.8) is 0 Å². The van der Waals surface area contributed by atoms with E-state index in [0.717, 1.165) is 12.8 Å². The highest BCUT2D eigenvalue weighted by Gasteiger charge is 2.40. The van der Waals surface area contributed by atoms with Gasteiger partial charge in [-0.25, -0.2) is 0 Å². The van der Waals surface area contributed by atoms with E-state index >= 15 is 0 Å². The Hall–Kier alpha value is -0.460. The highest BCUT2D eigenvalue weighted by atomic mass is 16.6. The number of hydrogen-bond donors (Lipinski definition) is 3. The maximum absolute atomic E-state index is 10.1. The molecule has 0 saturated carbocycles. The lowest BCUT2D eigenvalue weighted by Crippen LogP contribution is -2.41. The van der Waals surface area contributed by atoms with Crippen molar-refractivity contribution in [2.75, 3.05) is 19.8 Å². The summed E-state index contributed by atoms with van der Waals surface area (Å²) in [5.41, 5.74) is 0. The van der Waals surface area contributed by atoms with Gasteiger partial charge < -0.3 is 24.8 Å². The topological polar surface area (TPSA) is 79.2 Å². The normalized spacial score (nSPS) is 22.5. The first-order valence-electron chi connectivity index (χ1n) is 13.1. The molecule has 0 aromatic carbocycles. The second-order valence-electron chi connectivity index (χ2n) is 9.09. The van der Waals surface area contributed by atoms with Gasteiger partial charge in [0.05, 0.1) is 19.8 Å². The van der Waals surface area contributed by atoms with E-state index in [1.807, 2.05) is 0 Å². The summed E-state index contributed by atoms with van der Waals surface area (Å²) < 4.78 is 11.0. The molecular formula is C26H50O5. The molecule has 1 heterocycles. The molecule has 5 heteroatoms. The van der Waals surface area contributed by atoms with Gasteiger partial charge >= 0.3 is 0 Å². The van der Waals surface area contributed by atoms with E-state index in [2.05, 4.69) is 19.1 Å². The number of allylic oxidation sites excluding steroid dienone is 1. The molecule has 1 fully saturated rings. The van der Waals surface area contributed by atoms with Crippen LogP contribution in [0.4, 0.5) is 0 Å². The lowest BCUT2D eigenvalue weighted by molar-refractivity contribution is -0.0726. The monoisotopic (exact) mass is 442 g/mol. The van der Waals surface area contributed by atoms with Gasteiger partial charge in [0.2, 0.25) is 0 Å². The largest absolute Gasteiger partial charge is 0.394 e. The number of rotatable bonds is 21. The Bertz CT molecular complexity index is 415. The minimum absolute atomic E-state index is 0.256. The Morgan fingerprint density at radius 1 is 0.839 bits per heavy atom. The van der Waals surface area contributed by atoms with Crippen LogP contribution in [0.25, 0.3) is 0 Å². The molecule has 0 aliphatic carbocycles. The van der Waals surface area contributed by atoms with Gasteiger partial charge in [0, 0.05) is 0 Å². The minimum Gasteiger partial charge on any atom is -0.394 e. The first kappa shape index (κ1) is 28.6. The van der Waals surface area contributed by atoms with Crippen LogP contribution < -0.4 is 0 Å². The van der Waals surface area contributed by atoms with Crippen molar-refractivity contribution in [1.29, 1.82) is 0 Å². The van der Waals surface area contributed by atoms with Crippen molar-refractivity contribution in [2.24, 2.45) is 0 Å². The lowest BCUT2D eigenvalue weighted by Gasteiger charge is -2.20. The Morgan fingerprint density at radius 2 is 1.35 bits per heavy atom. The predicted octanol–water partition coefficient (Wildman–Crippen LogP) is 5.30. The predicted molar refractivity (Wildman–Crippen MR) is 127 cm³/mol. The molecule has 0 radical (unpaired) electrons. The summed E-state index contributed by atoms with van der Waals surface area (Å²) >= 11 is 0. The van der Waals surface area contributed by atoms with Crippen LogP contribution in [0.2, 0.25) is 0 Å². The fourth-order valence-electron chi connectivity index (χ4n) is 4.18. The Kier molecular flexibility index (Phi) is 18.6. The smallest absolute Gasteiger partial charge is 0.114 e. The molecule has 0 unspecified atom stereocenters. The van der Waals surface area contributed by atoms with Crippen LogP contribution in [0.1, 0.15) is 110 Å². The van der Waals surface area contributed by atoms with Crippen LogP contribution >= 0.6 is 0 Å². The second-order valence-corrected chi connectivity index (χ2v) is 9.09. The zero-order valence-corrected chi connectivity index (χ0v) is 20.1. The van der Waals surface area contributed by atoms with Crippen molar-refractivity contribution in [3.05, 3.63) is 12.2 Å². The van der Waals surface area contributed by atoms with Crippen LogP contribution in [0, 0.1) is 0 Å². The average molecular weight is 443 g/mol. The highest BCUT2D eigenvalue weighted by Crippen LogP contribution is 2.20. The van der Waals surface area contributed by atoms with E-state index in [4.69, 9.17) is 14.6 Å². The molecule has 1 aliphatic rings. The quantitative estimate of drug-likeness (QED) is 0.166. The fourth-order valence-corrected chi connectivity index (χ4v) is 4.18. The van der Waals surface area contributed by atoms with Gasteiger partial charge in [-0.15, -0.1) is 0 Å². The zero-order valence-electron chi connectivity index (χ0n) is 20.1. The molecule has 1 rings (SSSR count). The average Bonchev–Trinajstić information content (AvgIpc) is 3.15. The van der Waals surface area contributed by atoms with Gasteiger partial charge in [-0.1, -0.05) is 103 Å². The van der Waals surface area contributed by atoms with Crippen LogP contribution in [-0.2, 0) is 9.47 Å². The molecule has 4 atom stereocenters. The summed E-state index contributed by atoms with van der Waals surface area (Å²) in [5.74, 6) is 0. The lowest BCUT2D eigenvalue weighted by atomic mass is 10.0. The molecule has 5 nitrogen and oxygen atoms in total. The fraction of sp³-hybridized carbons (Fsp3) is 0.923.